The van der Waals surface area contributed by atoms with Crippen molar-refractivity contribution in [2.45, 2.75) is 4.90 Å². The first-order valence-electron chi connectivity index (χ1n) is 7.42. The molecule has 140 valence electrons. The van der Waals surface area contributed by atoms with Crippen molar-refractivity contribution in [3.63, 3.8) is 0 Å². The van der Waals surface area contributed by atoms with E-state index >= 15 is 0 Å². The number of halogens is 1. The summed E-state index contributed by atoms with van der Waals surface area (Å²) in [5, 5.41) is 0.468. The number of rotatable bonds is 5. The fourth-order valence-electron chi connectivity index (χ4n) is 2.08. The third-order valence-corrected chi connectivity index (χ3v) is 5.61. The number of hydrazine groups is 1. The van der Waals surface area contributed by atoms with Crippen molar-refractivity contribution in [3.05, 3.63) is 53.1 Å². The van der Waals surface area contributed by atoms with Crippen LogP contribution in [0.1, 0.15) is 10.4 Å². The maximum Gasteiger partial charge on any atom is 0.269 e. The predicted molar refractivity (Wildman–Crippen MR) is 99.7 cm³/mol. The second kappa shape index (κ2) is 7.96. The highest BCUT2D eigenvalue weighted by molar-refractivity contribution is 7.89. The maximum atomic E-state index is 12.4. The summed E-state index contributed by atoms with van der Waals surface area (Å²) >= 11 is 6.62. The molecule has 0 aliphatic rings. The molecule has 0 spiro atoms. The summed E-state index contributed by atoms with van der Waals surface area (Å²) in [7, 11) is -3.98. The lowest BCUT2D eigenvalue weighted by Gasteiger charge is -2.09. The Labute approximate surface area is 163 Å². The Bertz CT molecular complexity index is 1100. The van der Waals surface area contributed by atoms with Gasteiger partial charge in [0.25, 0.3) is 11.8 Å². The molecule has 27 heavy (non-hydrogen) atoms. The molecule has 0 aliphatic carbocycles. The van der Waals surface area contributed by atoms with E-state index in [1.54, 1.807) is 6.07 Å². The third kappa shape index (κ3) is 4.57. The minimum Gasteiger partial charge on any atom is -0.272 e. The van der Waals surface area contributed by atoms with Gasteiger partial charge >= 0.3 is 0 Å². The van der Waals surface area contributed by atoms with E-state index in [0.29, 0.717) is 10.5 Å². The molecule has 2 aromatic carbocycles. The van der Waals surface area contributed by atoms with E-state index in [2.05, 4.69) is 24.3 Å². The van der Waals surface area contributed by atoms with Crippen molar-refractivity contribution in [2.75, 3.05) is 6.54 Å². The molecule has 2 amide bonds. The SMILES string of the molecule is O=C(CNS(=O)(=O)c1cccc2nsnc12)NNC(=O)c1ccc(Cl)cc1. The van der Waals surface area contributed by atoms with Crippen molar-refractivity contribution < 1.29 is 18.0 Å². The molecule has 0 radical (unpaired) electrons. The third-order valence-electron chi connectivity index (χ3n) is 3.38. The van der Waals surface area contributed by atoms with Crippen LogP contribution in [0.25, 0.3) is 11.0 Å². The molecule has 0 fully saturated rings. The summed E-state index contributed by atoms with van der Waals surface area (Å²) in [6.07, 6.45) is 0. The molecule has 9 nitrogen and oxygen atoms in total. The van der Waals surface area contributed by atoms with Crippen LogP contribution in [0.2, 0.25) is 5.02 Å². The summed E-state index contributed by atoms with van der Waals surface area (Å²) < 4.78 is 34.9. The van der Waals surface area contributed by atoms with Gasteiger partial charge in [-0.3, -0.25) is 20.4 Å². The summed E-state index contributed by atoms with van der Waals surface area (Å²) in [6, 6.07) is 10.6. The van der Waals surface area contributed by atoms with Gasteiger partial charge in [-0.15, -0.1) is 0 Å². The molecular formula is C15H12ClN5O4S2. The fourth-order valence-corrected chi connectivity index (χ4v) is 3.95. The molecule has 3 N–H and O–H groups in total. The Morgan fingerprint density at radius 3 is 2.52 bits per heavy atom. The normalized spacial score (nSPS) is 11.3. The first kappa shape index (κ1) is 19.2. The number of carbonyl (C=O) groups is 2. The van der Waals surface area contributed by atoms with E-state index in [0.717, 1.165) is 11.7 Å². The van der Waals surface area contributed by atoms with Crippen LogP contribution in [0.5, 0.6) is 0 Å². The average Bonchev–Trinajstić information content (AvgIpc) is 3.13. The second-order valence-electron chi connectivity index (χ2n) is 5.22. The van der Waals surface area contributed by atoms with Gasteiger partial charge in [-0.05, 0) is 36.4 Å². The molecule has 1 aromatic heterocycles. The molecule has 12 heteroatoms. The molecule has 0 saturated carbocycles. The highest BCUT2D eigenvalue weighted by Crippen LogP contribution is 2.20. The maximum absolute atomic E-state index is 12.4. The number of aromatic nitrogens is 2. The molecule has 0 saturated heterocycles. The van der Waals surface area contributed by atoms with Crippen molar-refractivity contribution in [1.29, 1.82) is 0 Å². The standard InChI is InChI=1S/C15H12ClN5O4S2/c16-10-6-4-9(5-7-10)15(23)19-18-13(22)8-17-27(24,25)12-3-1-2-11-14(12)21-26-20-11/h1-7,17H,8H2,(H,18,22)(H,19,23). The Kier molecular flexibility index (Phi) is 5.65. The summed E-state index contributed by atoms with van der Waals surface area (Å²) in [6.45, 7) is -0.572. The Morgan fingerprint density at radius 1 is 1.04 bits per heavy atom. The van der Waals surface area contributed by atoms with E-state index in [1.165, 1.54) is 36.4 Å². The number of nitrogens with one attached hydrogen (secondary N) is 3. The van der Waals surface area contributed by atoms with Gasteiger partial charge in [0.1, 0.15) is 15.9 Å². The number of hydrogen-bond donors (Lipinski definition) is 3. The van der Waals surface area contributed by atoms with Gasteiger partial charge in [-0.25, -0.2) is 13.1 Å². The van der Waals surface area contributed by atoms with Crippen LogP contribution < -0.4 is 15.6 Å². The van der Waals surface area contributed by atoms with Gasteiger partial charge in [-0.1, -0.05) is 17.7 Å². The van der Waals surface area contributed by atoms with Crippen molar-refractivity contribution in [1.82, 2.24) is 24.3 Å². The lowest BCUT2D eigenvalue weighted by atomic mass is 10.2. The van der Waals surface area contributed by atoms with E-state index in [4.69, 9.17) is 11.6 Å². The van der Waals surface area contributed by atoms with E-state index in [1.807, 2.05) is 0 Å². The fraction of sp³-hybridized carbons (Fsp3) is 0.0667. The molecular weight excluding hydrogens is 414 g/mol. The number of benzene rings is 2. The zero-order valence-corrected chi connectivity index (χ0v) is 15.9. The zero-order valence-electron chi connectivity index (χ0n) is 13.5. The van der Waals surface area contributed by atoms with Crippen LogP contribution in [0.3, 0.4) is 0 Å². The van der Waals surface area contributed by atoms with Gasteiger partial charge in [-0.2, -0.15) is 8.75 Å². The molecule has 0 aliphatic heterocycles. The molecule has 3 rings (SSSR count). The molecule has 0 bridgehead atoms. The second-order valence-corrected chi connectivity index (χ2v) is 7.92. The zero-order chi connectivity index (χ0) is 19.4. The monoisotopic (exact) mass is 425 g/mol. The Hall–Kier alpha value is -2.60. The molecule has 3 aromatic rings. The predicted octanol–water partition coefficient (Wildman–Crippen LogP) is 1.08. The molecule has 1 heterocycles. The lowest BCUT2D eigenvalue weighted by molar-refractivity contribution is -0.120. The van der Waals surface area contributed by atoms with Gasteiger partial charge in [0.05, 0.1) is 18.3 Å². The largest absolute Gasteiger partial charge is 0.272 e. The van der Waals surface area contributed by atoms with Gasteiger partial charge < -0.3 is 0 Å². The quantitative estimate of drug-likeness (QED) is 0.524. The number of sulfonamides is 1. The number of amides is 2. The first-order valence-corrected chi connectivity index (χ1v) is 10.0. The van der Waals surface area contributed by atoms with Crippen molar-refractivity contribution in [2.24, 2.45) is 0 Å². The van der Waals surface area contributed by atoms with Crippen LogP contribution in [-0.4, -0.2) is 35.5 Å². The summed E-state index contributed by atoms with van der Waals surface area (Å²) in [5.74, 6) is -1.31. The van der Waals surface area contributed by atoms with E-state index in [9.17, 15) is 18.0 Å². The topological polar surface area (TPSA) is 130 Å². The molecule has 0 atom stereocenters. The van der Waals surface area contributed by atoms with Crippen molar-refractivity contribution >= 4 is 56.2 Å². The van der Waals surface area contributed by atoms with Gasteiger partial charge in [0, 0.05) is 10.6 Å². The number of fused-ring (bicyclic) bond motifs is 1. The highest BCUT2D eigenvalue weighted by Gasteiger charge is 2.20. The molecule has 0 unspecified atom stereocenters. The highest BCUT2D eigenvalue weighted by atomic mass is 35.5. The number of nitrogens with zero attached hydrogens (tertiary/aromatic N) is 2. The van der Waals surface area contributed by atoms with Crippen LogP contribution in [-0.2, 0) is 14.8 Å². The van der Waals surface area contributed by atoms with E-state index < -0.39 is 28.4 Å². The first-order chi connectivity index (χ1) is 12.9. The Morgan fingerprint density at radius 2 is 1.78 bits per heavy atom. The average molecular weight is 426 g/mol. The van der Waals surface area contributed by atoms with Crippen LogP contribution in [0.15, 0.2) is 47.4 Å². The number of carbonyl (C=O) groups excluding carboxylic acids is 2. The minimum absolute atomic E-state index is 0.0771. The van der Waals surface area contributed by atoms with Crippen LogP contribution in [0.4, 0.5) is 0 Å². The Balaban J connectivity index is 1.57. The van der Waals surface area contributed by atoms with Gasteiger partial charge in [0.15, 0.2) is 0 Å². The summed E-state index contributed by atoms with van der Waals surface area (Å²) in [5.41, 5.74) is 5.27. The van der Waals surface area contributed by atoms with Gasteiger partial charge in [0.2, 0.25) is 10.0 Å². The summed E-state index contributed by atoms with van der Waals surface area (Å²) in [4.78, 5) is 23.6. The lowest BCUT2D eigenvalue weighted by Crippen LogP contribution is -2.46. The van der Waals surface area contributed by atoms with E-state index in [-0.39, 0.29) is 16.0 Å². The number of hydrogen-bond acceptors (Lipinski definition) is 7. The van der Waals surface area contributed by atoms with Crippen LogP contribution in [0, 0.1) is 0 Å². The smallest absolute Gasteiger partial charge is 0.269 e. The van der Waals surface area contributed by atoms with Crippen LogP contribution >= 0.6 is 23.3 Å². The minimum atomic E-state index is -3.98. The van der Waals surface area contributed by atoms with Crippen molar-refractivity contribution in [3.8, 4) is 0 Å².